The zero-order chi connectivity index (χ0) is 19.6. The minimum absolute atomic E-state index is 0.345. The summed E-state index contributed by atoms with van der Waals surface area (Å²) >= 11 is 0. The summed E-state index contributed by atoms with van der Waals surface area (Å²) in [4.78, 5) is 10.3. The Morgan fingerprint density at radius 1 is 0.778 bits per heavy atom. The number of hydrogen-bond donors (Lipinski definition) is 1. The van der Waals surface area contributed by atoms with Crippen LogP contribution in [-0.2, 0) is 19.0 Å². The Balaban J connectivity index is 0.000000330. The SMILES string of the molecule is C(OCC1CO1)C1CO1.CCCCCCCCCCCCCCCC(=O)O. The molecule has 0 aromatic rings. The molecule has 1 N–H and O–H groups in total. The van der Waals surface area contributed by atoms with Crippen molar-refractivity contribution < 1.29 is 24.1 Å². The Bertz CT molecular complexity index is 328. The van der Waals surface area contributed by atoms with Crippen molar-refractivity contribution >= 4 is 5.97 Å². The highest BCUT2D eigenvalue weighted by molar-refractivity contribution is 5.66. The fraction of sp³-hybridized carbons (Fsp3) is 0.955. The van der Waals surface area contributed by atoms with Crippen molar-refractivity contribution in [1.29, 1.82) is 0 Å². The van der Waals surface area contributed by atoms with Gasteiger partial charge in [0.1, 0.15) is 12.2 Å². The van der Waals surface area contributed by atoms with Gasteiger partial charge in [0.25, 0.3) is 0 Å². The third-order valence-corrected chi connectivity index (χ3v) is 4.91. The van der Waals surface area contributed by atoms with Crippen LogP contribution in [0.4, 0.5) is 0 Å². The first-order chi connectivity index (χ1) is 13.2. The van der Waals surface area contributed by atoms with E-state index in [2.05, 4.69) is 6.92 Å². The van der Waals surface area contributed by atoms with Crippen molar-refractivity contribution in [2.75, 3.05) is 26.4 Å². The molecule has 2 atom stereocenters. The summed E-state index contributed by atoms with van der Waals surface area (Å²) in [7, 11) is 0. The Hall–Kier alpha value is -0.650. The van der Waals surface area contributed by atoms with Crippen LogP contribution in [0, 0.1) is 0 Å². The lowest BCUT2D eigenvalue weighted by atomic mass is 10.0. The van der Waals surface area contributed by atoms with Crippen LogP contribution >= 0.6 is 0 Å². The maximum atomic E-state index is 10.3. The molecule has 2 aliphatic rings. The molecule has 2 saturated heterocycles. The third kappa shape index (κ3) is 19.9. The predicted octanol–water partition coefficient (Wildman–Crippen LogP) is 5.35. The molecule has 0 aromatic carbocycles. The van der Waals surface area contributed by atoms with Crippen molar-refractivity contribution in [3.05, 3.63) is 0 Å². The Kier molecular flexibility index (Phi) is 15.8. The highest BCUT2D eigenvalue weighted by Crippen LogP contribution is 2.13. The minimum Gasteiger partial charge on any atom is -0.481 e. The molecule has 2 unspecified atom stereocenters. The van der Waals surface area contributed by atoms with Crippen molar-refractivity contribution in [2.24, 2.45) is 0 Å². The lowest BCUT2D eigenvalue weighted by Gasteiger charge is -2.02. The maximum Gasteiger partial charge on any atom is 0.303 e. The van der Waals surface area contributed by atoms with E-state index in [4.69, 9.17) is 19.3 Å². The molecule has 2 aliphatic heterocycles. The summed E-state index contributed by atoms with van der Waals surface area (Å²) in [5.41, 5.74) is 0. The Labute approximate surface area is 166 Å². The number of aliphatic carboxylic acids is 1. The van der Waals surface area contributed by atoms with E-state index in [9.17, 15) is 4.79 Å². The molecule has 0 aliphatic carbocycles. The molecular weight excluding hydrogens is 344 g/mol. The van der Waals surface area contributed by atoms with Crippen LogP contribution in [0.3, 0.4) is 0 Å². The maximum absolute atomic E-state index is 10.3. The topological polar surface area (TPSA) is 71.6 Å². The number of unbranched alkanes of at least 4 members (excludes halogenated alkanes) is 12. The Morgan fingerprint density at radius 2 is 1.15 bits per heavy atom. The van der Waals surface area contributed by atoms with Crippen LogP contribution < -0.4 is 0 Å². The van der Waals surface area contributed by atoms with E-state index < -0.39 is 5.97 Å². The smallest absolute Gasteiger partial charge is 0.303 e. The minimum atomic E-state index is -0.655. The van der Waals surface area contributed by atoms with E-state index in [-0.39, 0.29) is 0 Å². The Morgan fingerprint density at radius 3 is 1.48 bits per heavy atom. The average molecular weight is 387 g/mol. The van der Waals surface area contributed by atoms with Gasteiger partial charge in [-0.15, -0.1) is 0 Å². The zero-order valence-electron chi connectivity index (χ0n) is 17.5. The number of ether oxygens (including phenoxy) is 3. The number of epoxide rings is 2. The van der Waals surface area contributed by atoms with Crippen LogP contribution in [-0.4, -0.2) is 49.7 Å². The second kappa shape index (κ2) is 17.4. The quantitative estimate of drug-likeness (QED) is 0.254. The van der Waals surface area contributed by atoms with Gasteiger partial charge in [0.2, 0.25) is 0 Å². The van der Waals surface area contributed by atoms with Crippen molar-refractivity contribution in [3.63, 3.8) is 0 Å². The normalized spacial score (nSPS) is 20.0. The second-order valence-corrected chi connectivity index (χ2v) is 7.83. The van der Waals surface area contributed by atoms with Crippen molar-refractivity contribution in [2.45, 2.75) is 109 Å². The van der Waals surface area contributed by atoms with E-state index in [1.807, 2.05) is 0 Å². The summed E-state index contributed by atoms with van der Waals surface area (Å²) in [6, 6.07) is 0. The molecular formula is C22H42O5. The van der Waals surface area contributed by atoms with Crippen LogP contribution in [0.5, 0.6) is 0 Å². The van der Waals surface area contributed by atoms with Gasteiger partial charge in [-0.05, 0) is 6.42 Å². The van der Waals surface area contributed by atoms with Gasteiger partial charge >= 0.3 is 5.97 Å². The van der Waals surface area contributed by atoms with Gasteiger partial charge in [0.05, 0.1) is 26.4 Å². The molecule has 5 nitrogen and oxygen atoms in total. The molecule has 0 bridgehead atoms. The monoisotopic (exact) mass is 386 g/mol. The fourth-order valence-electron chi connectivity index (χ4n) is 2.95. The van der Waals surface area contributed by atoms with Crippen LogP contribution in [0.2, 0.25) is 0 Å². The highest BCUT2D eigenvalue weighted by Gasteiger charge is 2.26. The summed E-state index contributed by atoms with van der Waals surface area (Å²) in [5, 5.41) is 8.49. The molecule has 2 fully saturated rings. The van der Waals surface area contributed by atoms with Crippen LogP contribution in [0.25, 0.3) is 0 Å². The molecule has 0 amide bonds. The summed E-state index contributed by atoms with van der Waals surface area (Å²) in [5.74, 6) is -0.655. The summed E-state index contributed by atoms with van der Waals surface area (Å²) < 4.78 is 15.1. The van der Waals surface area contributed by atoms with Gasteiger partial charge in [0.15, 0.2) is 0 Å². The van der Waals surface area contributed by atoms with Gasteiger partial charge in [-0.2, -0.15) is 0 Å². The molecule has 2 rings (SSSR count). The number of carboxylic acid groups (broad SMARTS) is 1. The average Bonchev–Trinajstić information content (AvgIpc) is 3.55. The molecule has 0 aromatic heterocycles. The molecule has 5 heteroatoms. The number of rotatable bonds is 18. The molecule has 2 heterocycles. The first kappa shape index (κ1) is 24.4. The summed E-state index contributed by atoms with van der Waals surface area (Å²) in [6.45, 7) is 5.52. The first-order valence-electron chi connectivity index (χ1n) is 11.2. The molecule has 27 heavy (non-hydrogen) atoms. The third-order valence-electron chi connectivity index (χ3n) is 4.91. The van der Waals surface area contributed by atoms with Crippen LogP contribution in [0.1, 0.15) is 96.8 Å². The van der Waals surface area contributed by atoms with E-state index in [0.717, 1.165) is 39.3 Å². The van der Waals surface area contributed by atoms with Crippen LogP contribution in [0.15, 0.2) is 0 Å². The number of carboxylic acids is 1. The molecule has 160 valence electrons. The second-order valence-electron chi connectivity index (χ2n) is 7.83. The van der Waals surface area contributed by atoms with Gasteiger partial charge in [-0.1, -0.05) is 84.0 Å². The van der Waals surface area contributed by atoms with Gasteiger partial charge in [-0.25, -0.2) is 0 Å². The number of hydrogen-bond acceptors (Lipinski definition) is 4. The van der Waals surface area contributed by atoms with Crippen molar-refractivity contribution in [1.82, 2.24) is 0 Å². The molecule has 0 spiro atoms. The largest absolute Gasteiger partial charge is 0.481 e. The van der Waals surface area contributed by atoms with Gasteiger partial charge in [-0.3, -0.25) is 4.79 Å². The lowest BCUT2D eigenvalue weighted by molar-refractivity contribution is -0.137. The van der Waals surface area contributed by atoms with Gasteiger partial charge < -0.3 is 19.3 Å². The molecule has 0 radical (unpaired) electrons. The first-order valence-corrected chi connectivity index (χ1v) is 11.2. The van der Waals surface area contributed by atoms with E-state index in [1.165, 1.54) is 70.6 Å². The van der Waals surface area contributed by atoms with Crippen molar-refractivity contribution in [3.8, 4) is 0 Å². The van der Waals surface area contributed by atoms with E-state index >= 15 is 0 Å². The van der Waals surface area contributed by atoms with E-state index in [0.29, 0.717) is 18.6 Å². The molecule has 0 saturated carbocycles. The standard InChI is InChI=1S/C16H32O2.C6H10O3/c1-2-3-4-5-6-7-8-9-10-11-12-13-14-15-16(17)18;1(5-3-8-5)7-2-6-4-9-6/h2-15H2,1H3,(H,17,18);5-6H,1-4H2. The number of carbonyl (C=O) groups is 1. The highest BCUT2D eigenvalue weighted by atomic mass is 16.6. The van der Waals surface area contributed by atoms with E-state index in [1.54, 1.807) is 0 Å². The lowest BCUT2D eigenvalue weighted by Crippen LogP contribution is -2.06. The van der Waals surface area contributed by atoms with Gasteiger partial charge in [0, 0.05) is 6.42 Å². The predicted molar refractivity (Wildman–Crippen MR) is 108 cm³/mol. The summed E-state index contributed by atoms with van der Waals surface area (Å²) in [6.07, 6.45) is 18.1. The zero-order valence-corrected chi connectivity index (χ0v) is 17.5. The fourth-order valence-corrected chi connectivity index (χ4v) is 2.95.